The Morgan fingerprint density at radius 1 is 1.47 bits per heavy atom. The summed E-state index contributed by atoms with van der Waals surface area (Å²) >= 11 is 0. The molecule has 1 atom stereocenters. The van der Waals surface area contributed by atoms with E-state index in [0.29, 0.717) is 18.8 Å². The largest absolute Gasteiger partial charge is 0.398 e. The van der Waals surface area contributed by atoms with Crippen LogP contribution < -0.4 is 5.73 Å². The van der Waals surface area contributed by atoms with Crippen molar-refractivity contribution in [1.82, 2.24) is 4.90 Å². The van der Waals surface area contributed by atoms with Crippen LogP contribution in [0, 0.1) is 5.82 Å². The third-order valence-corrected chi connectivity index (χ3v) is 3.09. The van der Waals surface area contributed by atoms with Gasteiger partial charge in [0.05, 0.1) is 12.7 Å². The van der Waals surface area contributed by atoms with E-state index in [1.165, 1.54) is 12.1 Å². The molecule has 1 unspecified atom stereocenters. The minimum atomic E-state index is -0.748. The zero-order valence-corrected chi connectivity index (χ0v) is 9.56. The van der Waals surface area contributed by atoms with Crippen LogP contribution in [0.3, 0.4) is 0 Å². The quantitative estimate of drug-likeness (QED) is 0.656. The molecule has 17 heavy (non-hydrogen) atoms. The predicted molar refractivity (Wildman–Crippen MR) is 62.9 cm³/mol. The Morgan fingerprint density at radius 3 is 2.94 bits per heavy atom. The number of hydrogen-bond donors (Lipinski definition) is 3. The van der Waals surface area contributed by atoms with Crippen LogP contribution >= 0.6 is 0 Å². The SMILES string of the molecule is Nc1cc(F)cc2c1CCN(CC(O)CO)C2. The topological polar surface area (TPSA) is 69.7 Å². The van der Waals surface area contributed by atoms with Crippen LogP contribution in [0.1, 0.15) is 11.1 Å². The predicted octanol–water partition coefficient (Wildman–Crippen LogP) is 0.119. The lowest BCUT2D eigenvalue weighted by atomic mass is 9.97. The molecule has 0 radical (unpaired) electrons. The second-order valence-corrected chi connectivity index (χ2v) is 4.45. The van der Waals surface area contributed by atoms with Crippen molar-refractivity contribution < 1.29 is 14.6 Å². The second kappa shape index (κ2) is 5.00. The van der Waals surface area contributed by atoms with Gasteiger partial charge in [0.2, 0.25) is 0 Å². The first-order chi connectivity index (χ1) is 8.10. The van der Waals surface area contributed by atoms with Crippen molar-refractivity contribution in [3.8, 4) is 0 Å². The highest BCUT2D eigenvalue weighted by Gasteiger charge is 2.20. The maximum atomic E-state index is 13.2. The summed E-state index contributed by atoms with van der Waals surface area (Å²) in [7, 11) is 0. The van der Waals surface area contributed by atoms with Crippen molar-refractivity contribution in [3.63, 3.8) is 0 Å². The van der Waals surface area contributed by atoms with Gasteiger partial charge in [-0.05, 0) is 29.7 Å². The summed E-state index contributed by atoms with van der Waals surface area (Å²) in [5.41, 5.74) is 8.14. The highest BCUT2D eigenvalue weighted by atomic mass is 19.1. The fraction of sp³-hybridized carbons (Fsp3) is 0.500. The number of nitrogen functional groups attached to an aromatic ring is 1. The monoisotopic (exact) mass is 240 g/mol. The van der Waals surface area contributed by atoms with Gasteiger partial charge in [-0.2, -0.15) is 0 Å². The molecule has 94 valence electrons. The molecule has 0 spiro atoms. The number of anilines is 1. The van der Waals surface area contributed by atoms with E-state index in [4.69, 9.17) is 10.8 Å². The highest BCUT2D eigenvalue weighted by Crippen LogP contribution is 2.25. The molecule has 1 aliphatic heterocycles. The number of aliphatic hydroxyl groups excluding tert-OH is 2. The Bertz CT molecular complexity index is 412. The van der Waals surface area contributed by atoms with Gasteiger partial charge in [-0.1, -0.05) is 0 Å². The Balaban J connectivity index is 2.13. The Morgan fingerprint density at radius 2 is 2.24 bits per heavy atom. The van der Waals surface area contributed by atoms with E-state index in [9.17, 15) is 9.50 Å². The second-order valence-electron chi connectivity index (χ2n) is 4.45. The Kier molecular flexibility index (Phi) is 3.61. The minimum absolute atomic E-state index is 0.255. The summed E-state index contributed by atoms with van der Waals surface area (Å²) in [6, 6.07) is 2.83. The fourth-order valence-corrected chi connectivity index (χ4v) is 2.26. The molecule has 0 aromatic heterocycles. The summed E-state index contributed by atoms with van der Waals surface area (Å²) in [5, 5.41) is 18.2. The molecule has 1 aromatic rings. The molecule has 2 rings (SSSR count). The molecule has 4 N–H and O–H groups in total. The van der Waals surface area contributed by atoms with Gasteiger partial charge in [0.25, 0.3) is 0 Å². The minimum Gasteiger partial charge on any atom is -0.398 e. The molecule has 5 heteroatoms. The van der Waals surface area contributed by atoms with Crippen LogP contribution in [-0.2, 0) is 13.0 Å². The third kappa shape index (κ3) is 2.74. The number of fused-ring (bicyclic) bond motifs is 1. The number of nitrogens with two attached hydrogens (primary N) is 1. The number of β-amino-alcohol motifs (C(OH)–C–C–N with tert-alkyl or cyclic N) is 1. The van der Waals surface area contributed by atoms with E-state index in [2.05, 4.69) is 0 Å². The number of hydrogen-bond acceptors (Lipinski definition) is 4. The maximum absolute atomic E-state index is 13.2. The lowest BCUT2D eigenvalue weighted by molar-refractivity contribution is 0.0551. The van der Waals surface area contributed by atoms with Gasteiger partial charge < -0.3 is 15.9 Å². The average Bonchev–Trinajstić information content (AvgIpc) is 2.28. The molecule has 1 heterocycles. The lowest BCUT2D eigenvalue weighted by Crippen LogP contribution is -2.38. The molecule has 1 aromatic carbocycles. The summed E-state index contributed by atoms with van der Waals surface area (Å²) < 4.78 is 13.2. The van der Waals surface area contributed by atoms with Crippen molar-refractivity contribution in [1.29, 1.82) is 0 Å². The first kappa shape index (κ1) is 12.3. The molecule has 0 bridgehead atoms. The van der Waals surface area contributed by atoms with E-state index < -0.39 is 6.10 Å². The van der Waals surface area contributed by atoms with Crippen LogP contribution in [0.25, 0.3) is 0 Å². The number of rotatable bonds is 3. The van der Waals surface area contributed by atoms with Gasteiger partial charge >= 0.3 is 0 Å². The van der Waals surface area contributed by atoms with E-state index in [1.807, 2.05) is 4.90 Å². The molecule has 0 saturated carbocycles. The van der Waals surface area contributed by atoms with Gasteiger partial charge in [0, 0.05) is 25.3 Å². The van der Waals surface area contributed by atoms with E-state index >= 15 is 0 Å². The van der Waals surface area contributed by atoms with Gasteiger partial charge in [-0.3, -0.25) is 4.90 Å². The fourth-order valence-electron chi connectivity index (χ4n) is 2.26. The van der Waals surface area contributed by atoms with Crippen LogP contribution in [0.15, 0.2) is 12.1 Å². The molecule has 0 aliphatic carbocycles. The molecule has 4 nitrogen and oxygen atoms in total. The molecular formula is C12H17FN2O2. The Hall–Kier alpha value is -1.17. The summed E-state index contributed by atoms with van der Waals surface area (Å²) in [4.78, 5) is 1.99. The van der Waals surface area contributed by atoms with E-state index in [0.717, 1.165) is 24.1 Å². The van der Waals surface area contributed by atoms with Gasteiger partial charge in [0.15, 0.2) is 0 Å². The smallest absolute Gasteiger partial charge is 0.125 e. The third-order valence-electron chi connectivity index (χ3n) is 3.09. The molecule has 1 aliphatic rings. The number of benzene rings is 1. The standard InChI is InChI=1S/C12H17FN2O2/c13-9-3-8-5-15(6-10(17)7-16)2-1-11(8)12(14)4-9/h3-4,10,16-17H,1-2,5-7,14H2. The van der Waals surface area contributed by atoms with Crippen LogP contribution in [0.4, 0.5) is 10.1 Å². The van der Waals surface area contributed by atoms with Crippen LogP contribution in [0.5, 0.6) is 0 Å². The number of aliphatic hydroxyl groups is 2. The summed E-state index contributed by atoms with van der Waals surface area (Å²) in [6.45, 7) is 1.47. The zero-order valence-electron chi connectivity index (χ0n) is 9.56. The van der Waals surface area contributed by atoms with Gasteiger partial charge in [0.1, 0.15) is 5.82 Å². The molecule has 0 amide bonds. The van der Waals surface area contributed by atoms with Crippen molar-refractivity contribution in [3.05, 3.63) is 29.1 Å². The first-order valence-electron chi connectivity index (χ1n) is 5.68. The molecule has 0 fully saturated rings. The number of nitrogens with zero attached hydrogens (tertiary/aromatic N) is 1. The van der Waals surface area contributed by atoms with Gasteiger partial charge in [-0.25, -0.2) is 4.39 Å². The van der Waals surface area contributed by atoms with Crippen LogP contribution in [-0.4, -0.2) is 40.9 Å². The molecular weight excluding hydrogens is 223 g/mol. The van der Waals surface area contributed by atoms with Crippen molar-refractivity contribution >= 4 is 5.69 Å². The maximum Gasteiger partial charge on any atom is 0.125 e. The number of halogens is 1. The molecule has 0 saturated heterocycles. The normalized spacial score (nSPS) is 17.8. The summed E-state index contributed by atoms with van der Waals surface area (Å²) in [5.74, 6) is -0.328. The summed E-state index contributed by atoms with van der Waals surface area (Å²) in [6.07, 6.45) is 0.00187. The lowest BCUT2D eigenvalue weighted by Gasteiger charge is -2.30. The van der Waals surface area contributed by atoms with Crippen LogP contribution in [0.2, 0.25) is 0 Å². The first-order valence-corrected chi connectivity index (χ1v) is 5.68. The van der Waals surface area contributed by atoms with E-state index in [1.54, 1.807) is 0 Å². The van der Waals surface area contributed by atoms with Crippen molar-refractivity contribution in [2.24, 2.45) is 0 Å². The van der Waals surface area contributed by atoms with Crippen molar-refractivity contribution in [2.45, 2.75) is 19.1 Å². The van der Waals surface area contributed by atoms with E-state index in [-0.39, 0.29) is 12.4 Å². The average molecular weight is 240 g/mol. The highest BCUT2D eigenvalue weighted by molar-refractivity contribution is 5.52. The zero-order chi connectivity index (χ0) is 12.4. The van der Waals surface area contributed by atoms with Crippen molar-refractivity contribution in [2.75, 3.05) is 25.4 Å². The Labute approximate surface area is 99.5 Å². The van der Waals surface area contributed by atoms with Gasteiger partial charge in [-0.15, -0.1) is 0 Å².